The van der Waals surface area contributed by atoms with Crippen LogP contribution >= 0.6 is 0 Å². The minimum absolute atomic E-state index is 0.113. The Hall–Kier alpha value is -1.12. The standard InChI is InChI=1S/C10H14O3/c1-10(2)4-3-8(6-11)5-9(10)13-7-12/h3-4,6-9H,5H2,1-2H3. The molecule has 0 aromatic heterocycles. The van der Waals surface area contributed by atoms with Crippen molar-refractivity contribution in [1.29, 1.82) is 0 Å². The number of allylic oxidation sites excluding steroid dienone is 1. The van der Waals surface area contributed by atoms with Crippen molar-refractivity contribution in [2.24, 2.45) is 11.3 Å². The molecule has 1 aliphatic rings. The minimum atomic E-state index is -0.190. The van der Waals surface area contributed by atoms with Gasteiger partial charge in [-0.2, -0.15) is 0 Å². The molecule has 3 heteroatoms. The molecule has 2 unspecified atom stereocenters. The Labute approximate surface area is 77.8 Å². The van der Waals surface area contributed by atoms with Gasteiger partial charge in [0, 0.05) is 11.3 Å². The largest absolute Gasteiger partial charge is 0.464 e. The zero-order valence-electron chi connectivity index (χ0n) is 7.90. The van der Waals surface area contributed by atoms with E-state index in [0.29, 0.717) is 12.9 Å². The molecule has 1 rings (SSSR count). The molecule has 0 heterocycles. The molecule has 0 fully saturated rings. The van der Waals surface area contributed by atoms with Crippen LogP contribution in [0.2, 0.25) is 0 Å². The fourth-order valence-electron chi connectivity index (χ4n) is 1.51. The third-order valence-corrected chi connectivity index (χ3v) is 2.48. The van der Waals surface area contributed by atoms with Crippen LogP contribution in [0.25, 0.3) is 0 Å². The Morgan fingerprint density at radius 1 is 1.46 bits per heavy atom. The van der Waals surface area contributed by atoms with Gasteiger partial charge in [0.1, 0.15) is 12.4 Å². The molecule has 0 aliphatic heterocycles. The van der Waals surface area contributed by atoms with Gasteiger partial charge in [-0.25, -0.2) is 0 Å². The molecule has 1 aliphatic carbocycles. The quantitative estimate of drug-likeness (QED) is 0.488. The van der Waals surface area contributed by atoms with Crippen LogP contribution in [-0.2, 0) is 14.3 Å². The predicted molar refractivity (Wildman–Crippen MR) is 48.0 cm³/mol. The van der Waals surface area contributed by atoms with E-state index in [1.54, 1.807) is 0 Å². The maximum absolute atomic E-state index is 10.5. The van der Waals surface area contributed by atoms with Crippen molar-refractivity contribution < 1.29 is 14.3 Å². The number of aldehydes is 1. The summed E-state index contributed by atoms with van der Waals surface area (Å²) in [4.78, 5) is 20.7. The van der Waals surface area contributed by atoms with Crippen LogP contribution in [-0.4, -0.2) is 18.9 Å². The summed E-state index contributed by atoms with van der Waals surface area (Å²) in [6.45, 7) is 4.42. The fraction of sp³-hybridized carbons (Fsp3) is 0.600. The highest BCUT2D eigenvalue weighted by atomic mass is 16.5. The summed E-state index contributed by atoms with van der Waals surface area (Å²) in [7, 11) is 0. The molecule has 0 spiro atoms. The smallest absolute Gasteiger partial charge is 0.293 e. The number of carbonyl (C=O) groups excluding carboxylic acids is 2. The molecular weight excluding hydrogens is 168 g/mol. The van der Waals surface area contributed by atoms with Crippen molar-refractivity contribution >= 4 is 12.8 Å². The van der Waals surface area contributed by atoms with Crippen molar-refractivity contribution in [3.63, 3.8) is 0 Å². The zero-order valence-corrected chi connectivity index (χ0v) is 7.90. The zero-order chi connectivity index (χ0) is 9.90. The lowest BCUT2D eigenvalue weighted by Gasteiger charge is -2.34. The molecule has 3 nitrogen and oxygen atoms in total. The van der Waals surface area contributed by atoms with Crippen LogP contribution in [0, 0.1) is 11.3 Å². The van der Waals surface area contributed by atoms with Gasteiger partial charge in [0.05, 0.1) is 0 Å². The number of hydrogen-bond donors (Lipinski definition) is 0. The van der Waals surface area contributed by atoms with Crippen molar-refractivity contribution in [2.45, 2.75) is 26.4 Å². The maximum atomic E-state index is 10.5. The molecule has 72 valence electrons. The summed E-state index contributed by atoms with van der Waals surface area (Å²) >= 11 is 0. The van der Waals surface area contributed by atoms with Gasteiger partial charge in [0.25, 0.3) is 6.47 Å². The summed E-state index contributed by atoms with van der Waals surface area (Å²) < 4.78 is 4.94. The van der Waals surface area contributed by atoms with E-state index in [1.807, 2.05) is 26.0 Å². The van der Waals surface area contributed by atoms with Gasteiger partial charge >= 0.3 is 0 Å². The lowest BCUT2D eigenvalue weighted by atomic mass is 9.76. The number of carbonyl (C=O) groups is 2. The molecule has 0 bridgehead atoms. The van der Waals surface area contributed by atoms with E-state index < -0.39 is 0 Å². The highest BCUT2D eigenvalue weighted by Crippen LogP contribution is 2.33. The van der Waals surface area contributed by atoms with Gasteiger partial charge in [0.15, 0.2) is 0 Å². The molecular formula is C10H14O3. The molecule has 0 aromatic carbocycles. The lowest BCUT2D eigenvalue weighted by molar-refractivity contribution is -0.140. The highest BCUT2D eigenvalue weighted by molar-refractivity contribution is 5.57. The van der Waals surface area contributed by atoms with E-state index >= 15 is 0 Å². The molecule has 13 heavy (non-hydrogen) atoms. The first-order valence-corrected chi connectivity index (χ1v) is 4.34. The fourth-order valence-corrected chi connectivity index (χ4v) is 1.51. The molecule has 0 aromatic rings. The molecule has 0 radical (unpaired) electrons. The normalized spacial score (nSPS) is 30.9. The molecule has 0 saturated carbocycles. The summed E-state index contributed by atoms with van der Waals surface area (Å²) in [5.74, 6) is -0.113. The first-order valence-electron chi connectivity index (χ1n) is 4.34. The molecule has 0 saturated heterocycles. The van der Waals surface area contributed by atoms with E-state index in [2.05, 4.69) is 0 Å². The van der Waals surface area contributed by atoms with Crippen molar-refractivity contribution in [3.8, 4) is 0 Å². The number of ether oxygens (including phenoxy) is 1. The Balaban J connectivity index is 2.76. The van der Waals surface area contributed by atoms with E-state index in [1.165, 1.54) is 0 Å². The summed E-state index contributed by atoms with van der Waals surface area (Å²) in [6.07, 6.45) is 5.09. The Bertz CT molecular complexity index is 230. The van der Waals surface area contributed by atoms with Gasteiger partial charge in [-0.15, -0.1) is 0 Å². The minimum Gasteiger partial charge on any atom is -0.464 e. The van der Waals surface area contributed by atoms with Gasteiger partial charge in [-0.1, -0.05) is 26.0 Å². The molecule has 0 amide bonds. The van der Waals surface area contributed by atoms with Crippen LogP contribution in [0.1, 0.15) is 20.3 Å². The monoisotopic (exact) mass is 182 g/mol. The summed E-state index contributed by atoms with van der Waals surface area (Å²) in [5.41, 5.74) is -0.166. The maximum Gasteiger partial charge on any atom is 0.293 e. The summed E-state index contributed by atoms with van der Waals surface area (Å²) in [6, 6.07) is 0. The van der Waals surface area contributed by atoms with E-state index in [-0.39, 0.29) is 17.4 Å². The molecule has 2 atom stereocenters. The third kappa shape index (κ3) is 2.17. The number of hydrogen-bond acceptors (Lipinski definition) is 3. The van der Waals surface area contributed by atoms with Gasteiger partial charge in [-0.05, 0) is 6.42 Å². The first-order chi connectivity index (χ1) is 6.10. The highest BCUT2D eigenvalue weighted by Gasteiger charge is 2.33. The van der Waals surface area contributed by atoms with E-state index in [9.17, 15) is 9.59 Å². The SMILES string of the molecule is CC1(C)C=CC(C=O)CC1OC=O. The van der Waals surface area contributed by atoms with E-state index in [4.69, 9.17) is 4.74 Å². The summed E-state index contributed by atoms with van der Waals surface area (Å²) in [5, 5.41) is 0. The predicted octanol–water partition coefficient (Wildman–Crippen LogP) is 1.33. The lowest BCUT2D eigenvalue weighted by Crippen LogP contribution is -2.35. The second-order valence-corrected chi connectivity index (χ2v) is 3.94. The average Bonchev–Trinajstić information content (AvgIpc) is 2.09. The third-order valence-electron chi connectivity index (χ3n) is 2.48. The Morgan fingerprint density at radius 2 is 2.15 bits per heavy atom. The topological polar surface area (TPSA) is 43.4 Å². The van der Waals surface area contributed by atoms with Crippen molar-refractivity contribution in [2.75, 3.05) is 0 Å². The van der Waals surface area contributed by atoms with Gasteiger partial charge in [-0.3, -0.25) is 4.79 Å². The first kappa shape index (κ1) is 9.96. The average molecular weight is 182 g/mol. The van der Waals surface area contributed by atoms with Crippen LogP contribution in [0.15, 0.2) is 12.2 Å². The van der Waals surface area contributed by atoms with Crippen LogP contribution in [0.5, 0.6) is 0 Å². The van der Waals surface area contributed by atoms with Gasteiger partial charge in [0.2, 0.25) is 0 Å². The van der Waals surface area contributed by atoms with Crippen LogP contribution < -0.4 is 0 Å². The molecule has 0 N–H and O–H groups in total. The van der Waals surface area contributed by atoms with Crippen LogP contribution in [0.4, 0.5) is 0 Å². The van der Waals surface area contributed by atoms with Crippen molar-refractivity contribution in [3.05, 3.63) is 12.2 Å². The van der Waals surface area contributed by atoms with Crippen LogP contribution in [0.3, 0.4) is 0 Å². The Kier molecular flexibility index (Phi) is 2.86. The van der Waals surface area contributed by atoms with E-state index in [0.717, 1.165) is 6.29 Å². The number of rotatable bonds is 3. The second-order valence-electron chi connectivity index (χ2n) is 3.94. The van der Waals surface area contributed by atoms with Gasteiger partial charge < -0.3 is 9.53 Å². The Morgan fingerprint density at radius 3 is 2.69 bits per heavy atom. The van der Waals surface area contributed by atoms with Crippen molar-refractivity contribution in [1.82, 2.24) is 0 Å². The second kappa shape index (κ2) is 3.73.